The molecule has 0 aromatic rings. The minimum absolute atomic E-state index is 0.134. The molecule has 7 atom stereocenters. The number of carbonyl (C=O) groups is 1. The van der Waals surface area contributed by atoms with Crippen molar-refractivity contribution < 1.29 is 39.8 Å². The highest BCUT2D eigenvalue weighted by Gasteiger charge is 2.44. The molecule has 0 spiro atoms. The van der Waals surface area contributed by atoms with E-state index in [-0.39, 0.29) is 12.5 Å². The quantitative estimate of drug-likeness (QED) is 0.0728. The number of hydrogen-bond donors (Lipinski definition) is 6. The van der Waals surface area contributed by atoms with Crippen LogP contribution in [0.3, 0.4) is 0 Å². The van der Waals surface area contributed by atoms with E-state index >= 15 is 0 Å². The van der Waals surface area contributed by atoms with Crippen LogP contribution in [0.15, 0.2) is 0 Å². The molecule has 0 aliphatic carbocycles. The van der Waals surface area contributed by atoms with Gasteiger partial charge in [0.15, 0.2) is 6.29 Å². The van der Waals surface area contributed by atoms with E-state index in [1.807, 2.05) is 0 Å². The predicted molar refractivity (Wildman–Crippen MR) is 166 cm³/mol. The molecule has 1 fully saturated rings. The fourth-order valence-electron chi connectivity index (χ4n) is 5.57. The smallest absolute Gasteiger partial charge is 0.220 e. The zero-order valence-corrected chi connectivity index (χ0v) is 26.8. The second-order valence-electron chi connectivity index (χ2n) is 12.3. The van der Waals surface area contributed by atoms with Crippen molar-refractivity contribution in [2.75, 3.05) is 13.2 Å². The molecule has 9 nitrogen and oxygen atoms in total. The lowest BCUT2D eigenvalue weighted by molar-refractivity contribution is -0.302. The van der Waals surface area contributed by atoms with Gasteiger partial charge in [0.05, 0.1) is 25.4 Å². The Morgan fingerprint density at radius 3 is 1.69 bits per heavy atom. The summed E-state index contributed by atoms with van der Waals surface area (Å²) in [7, 11) is 0. The van der Waals surface area contributed by atoms with Crippen LogP contribution in [0.5, 0.6) is 0 Å². The van der Waals surface area contributed by atoms with Crippen molar-refractivity contribution in [1.82, 2.24) is 5.32 Å². The highest BCUT2D eigenvalue weighted by atomic mass is 16.7. The zero-order valence-electron chi connectivity index (χ0n) is 26.8. The van der Waals surface area contributed by atoms with Gasteiger partial charge in [-0.3, -0.25) is 4.79 Å². The lowest BCUT2D eigenvalue weighted by Gasteiger charge is -2.40. The van der Waals surface area contributed by atoms with Crippen molar-refractivity contribution in [3.8, 4) is 0 Å². The number of nitrogens with one attached hydrogen (secondary N) is 1. The van der Waals surface area contributed by atoms with Gasteiger partial charge in [-0.05, 0) is 12.8 Å². The number of ether oxygens (including phenoxy) is 2. The first kappa shape index (κ1) is 39.2. The molecule has 0 radical (unpaired) electrons. The topological polar surface area (TPSA) is 149 Å². The number of aliphatic hydroxyl groups is 5. The molecule has 1 amide bonds. The van der Waals surface area contributed by atoms with Gasteiger partial charge < -0.3 is 40.3 Å². The van der Waals surface area contributed by atoms with Crippen molar-refractivity contribution in [2.45, 2.75) is 192 Å². The number of amides is 1. The average Bonchev–Trinajstić information content (AvgIpc) is 2.98. The third-order valence-corrected chi connectivity index (χ3v) is 8.46. The maximum atomic E-state index is 12.7. The van der Waals surface area contributed by atoms with Crippen molar-refractivity contribution in [1.29, 1.82) is 0 Å². The Morgan fingerprint density at radius 1 is 0.714 bits per heavy atom. The maximum absolute atomic E-state index is 12.7. The van der Waals surface area contributed by atoms with Gasteiger partial charge in [-0.25, -0.2) is 0 Å². The van der Waals surface area contributed by atoms with E-state index in [0.29, 0.717) is 12.8 Å². The van der Waals surface area contributed by atoms with E-state index in [4.69, 9.17) is 9.47 Å². The first-order chi connectivity index (χ1) is 20.3. The van der Waals surface area contributed by atoms with E-state index in [0.717, 1.165) is 38.5 Å². The summed E-state index contributed by atoms with van der Waals surface area (Å²) in [5, 5.41) is 53.7. The molecule has 0 saturated carbocycles. The van der Waals surface area contributed by atoms with E-state index in [1.165, 1.54) is 83.5 Å². The van der Waals surface area contributed by atoms with Gasteiger partial charge in [-0.1, -0.05) is 129 Å². The Labute approximate surface area is 255 Å². The molecule has 1 rings (SSSR count). The monoisotopic (exact) mass is 603 g/mol. The largest absolute Gasteiger partial charge is 0.394 e. The van der Waals surface area contributed by atoms with Crippen LogP contribution in [-0.4, -0.2) is 87.5 Å². The highest BCUT2D eigenvalue weighted by molar-refractivity contribution is 5.76. The second kappa shape index (κ2) is 25.5. The zero-order chi connectivity index (χ0) is 31.0. The van der Waals surface area contributed by atoms with Crippen molar-refractivity contribution in [3.63, 3.8) is 0 Å². The number of aliphatic hydroxyl groups excluding tert-OH is 5. The number of hydrogen-bond acceptors (Lipinski definition) is 8. The van der Waals surface area contributed by atoms with Crippen LogP contribution in [-0.2, 0) is 14.3 Å². The van der Waals surface area contributed by atoms with Crippen LogP contribution in [0.1, 0.15) is 149 Å². The van der Waals surface area contributed by atoms with Crippen molar-refractivity contribution in [3.05, 3.63) is 0 Å². The fraction of sp³-hybridized carbons (Fsp3) is 0.970. The fourth-order valence-corrected chi connectivity index (χ4v) is 5.57. The minimum Gasteiger partial charge on any atom is -0.394 e. The second-order valence-corrected chi connectivity index (χ2v) is 12.3. The molecular formula is C33H65NO8. The molecule has 250 valence electrons. The number of carbonyl (C=O) groups excluding carboxylic acids is 1. The van der Waals surface area contributed by atoms with Crippen LogP contribution in [0.25, 0.3) is 0 Å². The van der Waals surface area contributed by atoms with Gasteiger partial charge in [0.1, 0.15) is 24.4 Å². The van der Waals surface area contributed by atoms with Crippen molar-refractivity contribution in [2.24, 2.45) is 0 Å². The summed E-state index contributed by atoms with van der Waals surface area (Å²) in [4.78, 5) is 12.7. The molecule has 1 saturated heterocycles. The Balaban J connectivity index is 2.48. The standard InChI is InChI=1S/C33H65NO8/c1-3-5-7-9-11-13-14-15-16-18-20-22-27(36)26(34-29(37)23-21-19-17-12-10-8-6-4-2)25-41-33-32(40)31(39)30(38)28(24-35)42-33/h26-28,30-33,35-36,38-40H,3-25H2,1-2H3,(H,34,37)/t26-,27+,28+,30+,31?,32?,33+/m0/s1. The normalized spacial score (nSPS) is 24.0. The molecule has 1 heterocycles. The van der Waals surface area contributed by atoms with Gasteiger partial charge in [-0.15, -0.1) is 0 Å². The average molecular weight is 604 g/mol. The molecule has 0 aromatic carbocycles. The first-order valence-corrected chi connectivity index (χ1v) is 17.2. The predicted octanol–water partition coefficient (Wildman–Crippen LogP) is 4.88. The molecule has 2 unspecified atom stereocenters. The lowest BCUT2D eigenvalue weighted by Crippen LogP contribution is -2.60. The summed E-state index contributed by atoms with van der Waals surface area (Å²) in [5.41, 5.74) is 0. The summed E-state index contributed by atoms with van der Waals surface area (Å²) in [6, 6.07) is -0.706. The molecule has 1 aliphatic heterocycles. The van der Waals surface area contributed by atoms with Gasteiger partial charge in [0.2, 0.25) is 5.91 Å². The Morgan fingerprint density at radius 2 is 1.19 bits per heavy atom. The molecule has 0 aromatic heterocycles. The SMILES string of the molecule is CCCCCCCCCCCCC[C@@H](O)[C@H](CO[C@@H]1O[C@H](CO)[C@@H](O)C(O)C1O)NC(=O)CCCCCCCCCC. The molecule has 1 aliphatic rings. The van der Waals surface area contributed by atoms with E-state index < -0.39 is 49.5 Å². The Kier molecular flexibility index (Phi) is 23.8. The third-order valence-electron chi connectivity index (χ3n) is 8.46. The van der Waals surface area contributed by atoms with Gasteiger partial charge in [-0.2, -0.15) is 0 Å². The summed E-state index contributed by atoms with van der Waals surface area (Å²) >= 11 is 0. The number of unbranched alkanes of at least 4 members (excludes halogenated alkanes) is 17. The van der Waals surface area contributed by atoms with E-state index in [9.17, 15) is 30.3 Å². The highest BCUT2D eigenvalue weighted by Crippen LogP contribution is 2.23. The van der Waals surface area contributed by atoms with E-state index in [1.54, 1.807) is 0 Å². The maximum Gasteiger partial charge on any atom is 0.220 e. The van der Waals surface area contributed by atoms with Crippen LogP contribution >= 0.6 is 0 Å². The van der Waals surface area contributed by atoms with Crippen LogP contribution in [0, 0.1) is 0 Å². The molecule has 6 N–H and O–H groups in total. The summed E-state index contributed by atoms with van der Waals surface area (Å²) in [6.07, 6.45) is 15.5. The first-order valence-electron chi connectivity index (χ1n) is 17.2. The van der Waals surface area contributed by atoms with Crippen LogP contribution < -0.4 is 5.32 Å². The van der Waals surface area contributed by atoms with E-state index in [2.05, 4.69) is 19.2 Å². The Hall–Kier alpha value is -0.810. The molecular weight excluding hydrogens is 538 g/mol. The number of rotatable bonds is 27. The lowest BCUT2D eigenvalue weighted by atomic mass is 9.99. The summed E-state index contributed by atoms with van der Waals surface area (Å²) in [5.74, 6) is -0.152. The molecule has 42 heavy (non-hydrogen) atoms. The van der Waals surface area contributed by atoms with Gasteiger partial charge in [0.25, 0.3) is 0 Å². The van der Waals surface area contributed by atoms with Gasteiger partial charge in [0, 0.05) is 6.42 Å². The van der Waals surface area contributed by atoms with Gasteiger partial charge >= 0.3 is 0 Å². The molecule has 9 heteroatoms. The summed E-state index contributed by atoms with van der Waals surface area (Å²) in [6.45, 7) is 3.75. The minimum atomic E-state index is -1.54. The summed E-state index contributed by atoms with van der Waals surface area (Å²) < 4.78 is 11.1. The third kappa shape index (κ3) is 17.5. The molecule has 0 bridgehead atoms. The van der Waals surface area contributed by atoms with Crippen LogP contribution in [0.4, 0.5) is 0 Å². The van der Waals surface area contributed by atoms with Crippen LogP contribution in [0.2, 0.25) is 0 Å². The van der Waals surface area contributed by atoms with Crippen molar-refractivity contribution >= 4 is 5.91 Å². The Bertz CT molecular complexity index is 637.